The highest BCUT2D eigenvalue weighted by atomic mass is 32.1. The van der Waals surface area contributed by atoms with Gasteiger partial charge in [0.15, 0.2) is 5.82 Å². The van der Waals surface area contributed by atoms with E-state index in [2.05, 4.69) is 22.7 Å². The molecule has 2 heterocycles. The first-order valence-corrected chi connectivity index (χ1v) is 3.96. The third-order valence-electron chi connectivity index (χ3n) is 1.47. The number of thiol groups is 1. The highest BCUT2D eigenvalue weighted by Crippen LogP contribution is 2.06. The first kappa shape index (κ1) is 7.36. The lowest BCUT2D eigenvalue weighted by Gasteiger charge is -1.98. The molecule has 0 spiro atoms. The molecular formula is C8H7N3S. The van der Waals surface area contributed by atoms with E-state index in [0.29, 0.717) is 0 Å². The monoisotopic (exact) mass is 177 g/mol. The topological polar surface area (TPSA) is 30.7 Å². The summed E-state index contributed by atoms with van der Waals surface area (Å²) in [4.78, 5) is 5.00. The molecule has 0 fully saturated rings. The first-order chi connectivity index (χ1) is 5.86. The highest BCUT2D eigenvalue weighted by Gasteiger charge is 1.94. The summed E-state index contributed by atoms with van der Waals surface area (Å²) < 4.78 is 1.70. The Morgan fingerprint density at radius 3 is 2.83 bits per heavy atom. The summed E-state index contributed by atoms with van der Waals surface area (Å²) in [6.07, 6.45) is 5.26. The molecule has 0 aliphatic rings. The van der Waals surface area contributed by atoms with E-state index in [1.807, 2.05) is 24.4 Å². The van der Waals surface area contributed by atoms with E-state index < -0.39 is 0 Å². The first-order valence-electron chi connectivity index (χ1n) is 3.51. The maximum atomic E-state index is 4.14. The molecule has 0 amide bonds. The van der Waals surface area contributed by atoms with Crippen molar-refractivity contribution in [3.63, 3.8) is 0 Å². The number of hydrogen-bond donors (Lipinski definition) is 1. The fraction of sp³-hybridized carbons (Fsp3) is 0. The van der Waals surface area contributed by atoms with Crippen LogP contribution in [0.15, 0.2) is 41.7 Å². The van der Waals surface area contributed by atoms with E-state index in [4.69, 9.17) is 0 Å². The van der Waals surface area contributed by atoms with Gasteiger partial charge in [-0.15, -0.1) is 12.6 Å². The van der Waals surface area contributed by atoms with E-state index >= 15 is 0 Å². The average Bonchev–Trinajstić information content (AvgIpc) is 2.58. The van der Waals surface area contributed by atoms with Gasteiger partial charge in [0.25, 0.3) is 0 Å². The second-order valence-corrected chi connectivity index (χ2v) is 2.84. The molecule has 0 radical (unpaired) electrons. The molecule has 0 aliphatic carbocycles. The zero-order chi connectivity index (χ0) is 8.39. The molecule has 4 heteroatoms. The van der Waals surface area contributed by atoms with Crippen molar-refractivity contribution in [2.24, 2.45) is 0 Å². The lowest BCUT2D eigenvalue weighted by atomic mass is 10.5. The van der Waals surface area contributed by atoms with Gasteiger partial charge in [-0.05, 0) is 18.2 Å². The van der Waals surface area contributed by atoms with Gasteiger partial charge >= 0.3 is 0 Å². The standard InChI is InChI=1S/C8H7N3S/c12-7-2-3-8(9-6-7)11-5-1-4-10-11/h1-6,12H. The van der Waals surface area contributed by atoms with Gasteiger partial charge in [0, 0.05) is 23.5 Å². The molecule has 2 aromatic rings. The largest absolute Gasteiger partial charge is 0.236 e. The Bertz CT molecular complexity index is 352. The van der Waals surface area contributed by atoms with Crippen LogP contribution in [0.3, 0.4) is 0 Å². The Labute approximate surface area is 75.5 Å². The summed E-state index contributed by atoms with van der Waals surface area (Å²) in [5, 5.41) is 4.05. The maximum Gasteiger partial charge on any atom is 0.153 e. The van der Waals surface area contributed by atoms with Crippen LogP contribution in [0.1, 0.15) is 0 Å². The van der Waals surface area contributed by atoms with Gasteiger partial charge < -0.3 is 0 Å². The van der Waals surface area contributed by atoms with Crippen molar-refractivity contribution < 1.29 is 0 Å². The van der Waals surface area contributed by atoms with Crippen molar-refractivity contribution in [2.75, 3.05) is 0 Å². The smallest absolute Gasteiger partial charge is 0.153 e. The zero-order valence-corrected chi connectivity index (χ0v) is 7.15. The van der Waals surface area contributed by atoms with Crippen LogP contribution in [0.25, 0.3) is 5.82 Å². The molecule has 0 aliphatic heterocycles. The average molecular weight is 177 g/mol. The second-order valence-electron chi connectivity index (χ2n) is 2.33. The number of pyridine rings is 1. The van der Waals surface area contributed by atoms with E-state index in [1.165, 1.54) is 0 Å². The maximum absolute atomic E-state index is 4.14. The molecule has 60 valence electrons. The Morgan fingerprint density at radius 2 is 2.25 bits per heavy atom. The summed E-state index contributed by atoms with van der Waals surface area (Å²) in [6, 6.07) is 5.61. The summed E-state index contributed by atoms with van der Waals surface area (Å²) in [5.74, 6) is 0.804. The van der Waals surface area contributed by atoms with E-state index in [1.54, 1.807) is 17.1 Å². The van der Waals surface area contributed by atoms with Crippen molar-refractivity contribution in [3.8, 4) is 5.82 Å². The van der Waals surface area contributed by atoms with Crippen LogP contribution in [0.2, 0.25) is 0 Å². The van der Waals surface area contributed by atoms with Crippen LogP contribution in [0, 0.1) is 0 Å². The molecule has 12 heavy (non-hydrogen) atoms. The van der Waals surface area contributed by atoms with Gasteiger partial charge in [-0.1, -0.05) is 0 Å². The van der Waals surface area contributed by atoms with Gasteiger partial charge in [0.05, 0.1) is 0 Å². The zero-order valence-electron chi connectivity index (χ0n) is 6.25. The SMILES string of the molecule is Sc1ccc(-n2cccn2)nc1. The van der Waals surface area contributed by atoms with Gasteiger partial charge in [0.1, 0.15) is 0 Å². The fourth-order valence-corrected chi connectivity index (χ4v) is 1.05. The molecule has 0 atom stereocenters. The predicted octanol–water partition coefficient (Wildman–Crippen LogP) is 1.56. The molecule has 0 saturated carbocycles. The normalized spacial score (nSPS) is 10.1. The molecule has 2 aromatic heterocycles. The predicted molar refractivity (Wildman–Crippen MR) is 48.6 cm³/mol. The lowest BCUT2D eigenvalue weighted by Crippen LogP contribution is -1.96. The van der Waals surface area contributed by atoms with Crippen molar-refractivity contribution in [2.45, 2.75) is 4.90 Å². The van der Waals surface area contributed by atoms with Crippen LogP contribution in [0.5, 0.6) is 0 Å². The molecule has 0 N–H and O–H groups in total. The summed E-state index contributed by atoms with van der Waals surface area (Å²) in [5.41, 5.74) is 0. The molecule has 0 aromatic carbocycles. The number of nitrogens with zero attached hydrogens (tertiary/aromatic N) is 3. The Morgan fingerprint density at radius 1 is 1.33 bits per heavy atom. The Kier molecular flexibility index (Phi) is 1.83. The van der Waals surface area contributed by atoms with E-state index in [-0.39, 0.29) is 0 Å². The number of aromatic nitrogens is 3. The molecular weight excluding hydrogens is 170 g/mol. The minimum atomic E-state index is 0.804. The van der Waals surface area contributed by atoms with Crippen molar-refractivity contribution in [1.82, 2.24) is 14.8 Å². The molecule has 2 rings (SSSR count). The van der Waals surface area contributed by atoms with Gasteiger partial charge in [-0.3, -0.25) is 0 Å². The molecule has 0 unspecified atom stereocenters. The van der Waals surface area contributed by atoms with Gasteiger partial charge in [-0.2, -0.15) is 5.10 Å². The van der Waals surface area contributed by atoms with Gasteiger partial charge in [0.2, 0.25) is 0 Å². The third-order valence-corrected chi connectivity index (χ3v) is 1.74. The summed E-state index contributed by atoms with van der Waals surface area (Å²) >= 11 is 4.14. The molecule has 0 bridgehead atoms. The van der Waals surface area contributed by atoms with E-state index in [0.717, 1.165) is 10.7 Å². The highest BCUT2D eigenvalue weighted by molar-refractivity contribution is 7.80. The number of hydrogen-bond acceptors (Lipinski definition) is 3. The van der Waals surface area contributed by atoms with Crippen LogP contribution >= 0.6 is 12.6 Å². The number of rotatable bonds is 1. The molecule has 0 saturated heterocycles. The van der Waals surface area contributed by atoms with Crippen molar-refractivity contribution in [3.05, 3.63) is 36.8 Å². The van der Waals surface area contributed by atoms with Crippen molar-refractivity contribution >= 4 is 12.6 Å². The third kappa shape index (κ3) is 1.33. The fourth-order valence-electron chi connectivity index (χ4n) is 0.918. The minimum Gasteiger partial charge on any atom is -0.236 e. The Hall–Kier alpha value is -1.29. The van der Waals surface area contributed by atoms with Crippen LogP contribution < -0.4 is 0 Å². The lowest BCUT2D eigenvalue weighted by molar-refractivity contribution is 0.843. The molecule has 3 nitrogen and oxygen atoms in total. The van der Waals surface area contributed by atoms with Crippen LogP contribution in [-0.2, 0) is 0 Å². The summed E-state index contributed by atoms with van der Waals surface area (Å²) in [6.45, 7) is 0. The van der Waals surface area contributed by atoms with Gasteiger partial charge in [-0.25, -0.2) is 9.67 Å². The summed E-state index contributed by atoms with van der Waals surface area (Å²) in [7, 11) is 0. The second kappa shape index (κ2) is 2.98. The van der Waals surface area contributed by atoms with Crippen molar-refractivity contribution in [1.29, 1.82) is 0 Å². The minimum absolute atomic E-state index is 0.804. The van der Waals surface area contributed by atoms with Crippen LogP contribution in [-0.4, -0.2) is 14.8 Å². The Balaban J connectivity index is 2.43. The van der Waals surface area contributed by atoms with Crippen LogP contribution in [0.4, 0.5) is 0 Å². The quantitative estimate of drug-likeness (QED) is 0.670. The van der Waals surface area contributed by atoms with E-state index in [9.17, 15) is 0 Å².